The molecule has 0 aliphatic heterocycles. The lowest BCUT2D eigenvalue weighted by atomic mass is 10.1. The van der Waals surface area contributed by atoms with Crippen molar-refractivity contribution >= 4 is 60.6 Å². The van der Waals surface area contributed by atoms with E-state index in [1.165, 1.54) is 25.3 Å². The van der Waals surface area contributed by atoms with E-state index in [1.807, 2.05) is 13.8 Å². The maximum absolute atomic E-state index is 13.3. The molecule has 1 heterocycles. The summed E-state index contributed by atoms with van der Waals surface area (Å²) in [6, 6.07) is 7.85. The highest BCUT2D eigenvalue weighted by molar-refractivity contribution is 9.10. The molecule has 0 saturated heterocycles. The molecular weight excluding hydrogens is 576 g/mol. The largest absolute Gasteiger partial charge is 0.479 e. The number of carboxylic acids is 1. The van der Waals surface area contributed by atoms with E-state index in [0.717, 1.165) is 4.68 Å². The van der Waals surface area contributed by atoms with E-state index in [-0.39, 0.29) is 17.2 Å². The molecule has 12 heteroatoms. The number of rotatable bonds is 8. The predicted molar refractivity (Wildman–Crippen MR) is 134 cm³/mol. The molecule has 34 heavy (non-hydrogen) atoms. The van der Waals surface area contributed by atoms with E-state index < -0.39 is 28.2 Å². The van der Waals surface area contributed by atoms with Crippen LogP contribution in [0.4, 0.5) is 5.69 Å². The summed E-state index contributed by atoms with van der Waals surface area (Å²) < 4.78 is 7.60. The third-order valence-corrected chi connectivity index (χ3v) is 6.05. The van der Waals surface area contributed by atoms with Crippen LogP contribution >= 0.6 is 31.9 Å². The van der Waals surface area contributed by atoms with Gasteiger partial charge < -0.3 is 9.84 Å². The van der Waals surface area contributed by atoms with Gasteiger partial charge in [-0.05, 0) is 37.6 Å². The quantitative estimate of drug-likeness (QED) is 0.218. The van der Waals surface area contributed by atoms with Crippen molar-refractivity contribution in [3.8, 4) is 5.75 Å². The number of aromatic nitrogens is 2. The number of nitrogens with zero attached hydrogens (tertiary/aromatic N) is 4. The first-order valence-corrected chi connectivity index (χ1v) is 11.8. The van der Waals surface area contributed by atoms with Crippen LogP contribution in [0.25, 0.3) is 10.9 Å². The predicted octanol–water partition coefficient (Wildman–Crippen LogP) is 5.08. The van der Waals surface area contributed by atoms with Crippen molar-refractivity contribution in [2.24, 2.45) is 5.10 Å². The number of ether oxygens (including phenoxy) is 1. The van der Waals surface area contributed by atoms with Crippen LogP contribution in [0.1, 0.15) is 44.5 Å². The molecule has 0 radical (unpaired) electrons. The Morgan fingerprint density at radius 2 is 2.00 bits per heavy atom. The number of aliphatic carboxylic acids is 1. The number of benzene rings is 2. The molecule has 0 aliphatic carbocycles. The third kappa shape index (κ3) is 5.33. The molecule has 0 aliphatic rings. The molecular formula is C22H20Br2N4O6. The van der Waals surface area contributed by atoms with Gasteiger partial charge in [-0.1, -0.05) is 45.7 Å². The lowest BCUT2D eigenvalue weighted by Gasteiger charge is -2.15. The van der Waals surface area contributed by atoms with E-state index in [0.29, 0.717) is 32.1 Å². The molecule has 1 N–H and O–H groups in total. The minimum Gasteiger partial charge on any atom is -0.479 e. The number of nitro groups is 1. The van der Waals surface area contributed by atoms with Crippen molar-refractivity contribution in [1.29, 1.82) is 0 Å². The number of carboxylic acid groups (broad SMARTS) is 1. The zero-order valence-corrected chi connectivity index (χ0v) is 21.5. The highest BCUT2D eigenvalue weighted by Crippen LogP contribution is 2.34. The Bertz CT molecular complexity index is 1370. The fourth-order valence-electron chi connectivity index (χ4n) is 3.09. The summed E-state index contributed by atoms with van der Waals surface area (Å²) in [5.74, 6) is -1.26. The van der Waals surface area contributed by atoms with Crippen LogP contribution in [0.2, 0.25) is 0 Å². The fourth-order valence-corrected chi connectivity index (χ4v) is 3.91. The molecule has 178 valence electrons. The Morgan fingerprint density at radius 1 is 1.29 bits per heavy atom. The minimum atomic E-state index is -1.36. The maximum Gasteiger partial charge on any atom is 0.344 e. The van der Waals surface area contributed by atoms with Crippen LogP contribution in [0, 0.1) is 10.1 Å². The molecule has 0 fully saturated rings. The monoisotopic (exact) mass is 594 g/mol. The second-order valence-corrected chi connectivity index (χ2v) is 9.33. The average molecular weight is 596 g/mol. The van der Waals surface area contributed by atoms with Gasteiger partial charge in [-0.2, -0.15) is 9.78 Å². The van der Waals surface area contributed by atoms with Crippen LogP contribution in [0.5, 0.6) is 5.75 Å². The zero-order chi connectivity index (χ0) is 25.2. The summed E-state index contributed by atoms with van der Waals surface area (Å²) in [4.78, 5) is 40.1. The first-order valence-electron chi connectivity index (χ1n) is 10.2. The SMILES string of the molecule is CC[C@H](C)c1nc2ccc(Br)cc2c(=O)n1N=Cc1cc(Br)cc([N+](=O)[O-])c1O[C@H](C)C(=O)O. The number of nitro benzene ring substituents is 1. The van der Waals surface area contributed by atoms with Gasteiger partial charge >= 0.3 is 11.7 Å². The number of hydrogen-bond acceptors (Lipinski definition) is 7. The van der Waals surface area contributed by atoms with Gasteiger partial charge in [-0.25, -0.2) is 9.78 Å². The smallest absolute Gasteiger partial charge is 0.344 e. The molecule has 2 atom stereocenters. The Hall–Kier alpha value is -3.12. The van der Waals surface area contributed by atoms with Crippen molar-refractivity contribution in [3.05, 3.63) is 71.1 Å². The topological polar surface area (TPSA) is 137 Å². The Balaban J connectivity index is 2.25. The van der Waals surface area contributed by atoms with Crippen molar-refractivity contribution in [3.63, 3.8) is 0 Å². The van der Waals surface area contributed by atoms with Crippen LogP contribution < -0.4 is 10.3 Å². The van der Waals surface area contributed by atoms with Crippen LogP contribution in [0.15, 0.2) is 49.2 Å². The number of halogens is 2. The molecule has 3 aromatic rings. The summed E-state index contributed by atoms with van der Waals surface area (Å²) in [5.41, 5.74) is -0.222. The lowest BCUT2D eigenvalue weighted by molar-refractivity contribution is -0.386. The molecule has 1 aromatic heterocycles. The first-order chi connectivity index (χ1) is 16.0. The zero-order valence-electron chi connectivity index (χ0n) is 18.4. The molecule has 0 saturated carbocycles. The van der Waals surface area contributed by atoms with E-state index in [4.69, 9.17) is 4.74 Å². The van der Waals surface area contributed by atoms with E-state index in [9.17, 15) is 24.8 Å². The molecule has 0 unspecified atom stereocenters. The first kappa shape index (κ1) is 25.5. The molecule has 10 nitrogen and oxygen atoms in total. The summed E-state index contributed by atoms with van der Waals surface area (Å²) in [7, 11) is 0. The highest BCUT2D eigenvalue weighted by atomic mass is 79.9. The lowest BCUT2D eigenvalue weighted by Crippen LogP contribution is -2.25. The minimum absolute atomic E-state index is 0.113. The number of fused-ring (bicyclic) bond motifs is 1. The normalized spacial score (nSPS) is 13.2. The summed E-state index contributed by atoms with van der Waals surface area (Å²) in [5, 5.41) is 25.5. The van der Waals surface area contributed by atoms with E-state index in [1.54, 1.807) is 18.2 Å². The third-order valence-electron chi connectivity index (χ3n) is 5.10. The van der Waals surface area contributed by atoms with Gasteiger partial charge in [0.2, 0.25) is 5.75 Å². The summed E-state index contributed by atoms with van der Waals surface area (Å²) in [6.07, 6.45) is 0.558. The summed E-state index contributed by atoms with van der Waals surface area (Å²) >= 11 is 6.57. The maximum atomic E-state index is 13.3. The van der Waals surface area contributed by atoms with Gasteiger partial charge in [0.15, 0.2) is 6.10 Å². The molecule has 3 rings (SSSR count). The second kappa shape index (κ2) is 10.4. The van der Waals surface area contributed by atoms with Crippen LogP contribution in [-0.2, 0) is 4.79 Å². The van der Waals surface area contributed by atoms with Gasteiger partial charge in [0.05, 0.1) is 22.0 Å². The average Bonchev–Trinajstić information content (AvgIpc) is 2.78. The fraction of sp³-hybridized carbons (Fsp3) is 0.273. The molecule has 0 amide bonds. The Morgan fingerprint density at radius 3 is 2.62 bits per heavy atom. The molecule has 0 bridgehead atoms. The van der Waals surface area contributed by atoms with Gasteiger partial charge in [0.1, 0.15) is 5.82 Å². The van der Waals surface area contributed by atoms with Crippen molar-refractivity contribution in [2.75, 3.05) is 0 Å². The number of hydrogen-bond donors (Lipinski definition) is 1. The van der Waals surface area contributed by atoms with Crippen LogP contribution in [-0.4, -0.2) is 38.0 Å². The van der Waals surface area contributed by atoms with Gasteiger partial charge in [-0.15, -0.1) is 0 Å². The van der Waals surface area contributed by atoms with Gasteiger partial charge in [0.25, 0.3) is 5.56 Å². The van der Waals surface area contributed by atoms with Crippen molar-refractivity contribution in [2.45, 2.75) is 39.2 Å². The molecule has 0 spiro atoms. The van der Waals surface area contributed by atoms with Crippen molar-refractivity contribution < 1.29 is 19.6 Å². The van der Waals surface area contributed by atoms with Gasteiger partial charge in [-0.3, -0.25) is 14.9 Å². The second-order valence-electron chi connectivity index (χ2n) is 7.50. The standard InChI is InChI=1S/C22H20Br2N4O6/c1-4-11(2)20-26-17-6-5-14(23)8-16(17)21(29)27(20)25-10-13-7-15(24)9-18(28(32)33)19(13)34-12(3)22(30)31/h5-12H,4H2,1-3H3,(H,30,31)/t11-,12+/m0/s1. The van der Waals surface area contributed by atoms with Crippen molar-refractivity contribution in [1.82, 2.24) is 9.66 Å². The highest BCUT2D eigenvalue weighted by Gasteiger charge is 2.25. The molecule has 2 aromatic carbocycles. The number of carbonyl (C=O) groups is 1. The van der Waals surface area contributed by atoms with Gasteiger partial charge in [0, 0.05) is 26.5 Å². The summed E-state index contributed by atoms with van der Waals surface area (Å²) in [6.45, 7) is 5.12. The Labute approximate surface area is 210 Å². The van der Waals surface area contributed by atoms with Crippen LogP contribution in [0.3, 0.4) is 0 Å². The van der Waals surface area contributed by atoms with E-state index in [2.05, 4.69) is 41.9 Å². The Kier molecular flexibility index (Phi) is 7.82. The van der Waals surface area contributed by atoms with E-state index >= 15 is 0 Å².